The van der Waals surface area contributed by atoms with E-state index >= 15 is 0 Å². The molecule has 0 bridgehead atoms. The molecular formula is C22H16N4O4. The van der Waals surface area contributed by atoms with Crippen molar-refractivity contribution in [1.29, 1.82) is 5.26 Å². The van der Waals surface area contributed by atoms with Gasteiger partial charge in [-0.2, -0.15) is 5.26 Å². The summed E-state index contributed by atoms with van der Waals surface area (Å²) in [5.74, 6) is 0.237. The van der Waals surface area contributed by atoms with Crippen molar-refractivity contribution in [3.8, 4) is 17.7 Å². The standard InChI is InChI=1S/C22H16N4O4/c1-15-13-18(30-22-17(14-23)6-4-12-24-22)9-10-19(15)25-21(27)11-8-16-5-2-3-7-20(16)26(28)29/h2-13H,1H3,(H,25,27)/b11-8+. The van der Waals surface area contributed by atoms with Gasteiger partial charge in [0.15, 0.2) is 0 Å². The highest BCUT2D eigenvalue weighted by atomic mass is 16.6. The van der Waals surface area contributed by atoms with Gasteiger partial charge in [0.05, 0.1) is 10.5 Å². The van der Waals surface area contributed by atoms with Gasteiger partial charge in [-0.15, -0.1) is 0 Å². The van der Waals surface area contributed by atoms with Gasteiger partial charge < -0.3 is 10.1 Å². The van der Waals surface area contributed by atoms with Gasteiger partial charge >= 0.3 is 0 Å². The highest BCUT2D eigenvalue weighted by molar-refractivity contribution is 6.02. The van der Waals surface area contributed by atoms with Crippen LogP contribution < -0.4 is 10.1 Å². The van der Waals surface area contributed by atoms with Crippen LogP contribution in [0.15, 0.2) is 66.9 Å². The minimum absolute atomic E-state index is 0.0782. The summed E-state index contributed by atoms with van der Waals surface area (Å²) in [4.78, 5) is 26.8. The summed E-state index contributed by atoms with van der Waals surface area (Å²) in [5, 5.41) is 22.9. The van der Waals surface area contributed by atoms with Gasteiger partial charge in [-0.05, 0) is 55.0 Å². The Morgan fingerprint density at radius 2 is 2.03 bits per heavy atom. The van der Waals surface area contributed by atoms with Crippen LogP contribution >= 0.6 is 0 Å². The number of nitrogens with one attached hydrogen (secondary N) is 1. The fourth-order valence-corrected chi connectivity index (χ4v) is 2.64. The maximum absolute atomic E-state index is 12.2. The molecular weight excluding hydrogens is 384 g/mol. The number of para-hydroxylation sites is 1. The van der Waals surface area contributed by atoms with Crippen LogP contribution in [0.1, 0.15) is 16.7 Å². The number of aryl methyl sites for hydroxylation is 1. The molecule has 0 unspecified atom stereocenters. The average molecular weight is 400 g/mol. The van der Waals surface area contributed by atoms with Crippen molar-refractivity contribution < 1.29 is 14.5 Å². The molecule has 0 saturated carbocycles. The number of benzene rings is 2. The first-order chi connectivity index (χ1) is 14.5. The van der Waals surface area contributed by atoms with Gasteiger partial charge in [0, 0.05) is 24.0 Å². The minimum Gasteiger partial charge on any atom is -0.438 e. The normalized spacial score (nSPS) is 10.4. The number of nitro groups is 1. The summed E-state index contributed by atoms with van der Waals surface area (Å²) in [6.07, 6.45) is 4.16. The van der Waals surface area contributed by atoms with Crippen LogP contribution in [-0.2, 0) is 4.79 Å². The molecule has 1 aromatic heterocycles. The maximum Gasteiger partial charge on any atom is 0.276 e. The molecule has 3 rings (SSSR count). The number of anilines is 1. The van der Waals surface area contributed by atoms with E-state index in [1.54, 1.807) is 55.5 Å². The summed E-state index contributed by atoms with van der Waals surface area (Å²) in [6.45, 7) is 1.79. The zero-order chi connectivity index (χ0) is 21.5. The van der Waals surface area contributed by atoms with E-state index in [-0.39, 0.29) is 11.6 Å². The number of amides is 1. The average Bonchev–Trinajstić information content (AvgIpc) is 2.74. The van der Waals surface area contributed by atoms with Gasteiger partial charge in [-0.1, -0.05) is 12.1 Å². The van der Waals surface area contributed by atoms with Crippen molar-refractivity contribution in [2.24, 2.45) is 0 Å². The molecule has 0 aliphatic rings. The molecule has 1 N–H and O–H groups in total. The van der Waals surface area contributed by atoms with Crippen molar-refractivity contribution >= 4 is 23.4 Å². The number of hydrogen-bond acceptors (Lipinski definition) is 6. The van der Waals surface area contributed by atoms with Gasteiger partial charge in [-0.3, -0.25) is 14.9 Å². The summed E-state index contributed by atoms with van der Waals surface area (Å²) in [7, 11) is 0. The number of carbonyl (C=O) groups excluding carboxylic acids is 1. The minimum atomic E-state index is -0.500. The van der Waals surface area contributed by atoms with Gasteiger partial charge in [0.1, 0.15) is 17.4 Å². The zero-order valence-corrected chi connectivity index (χ0v) is 15.9. The van der Waals surface area contributed by atoms with E-state index in [0.717, 1.165) is 5.56 Å². The number of nitriles is 1. The molecule has 3 aromatic rings. The Labute approximate surface area is 172 Å². The fourth-order valence-electron chi connectivity index (χ4n) is 2.64. The van der Waals surface area contributed by atoms with E-state index < -0.39 is 10.8 Å². The maximum atomic E-state index is 12.2. The third-order valence-electron chi connectivity index (χ3n) is 4.11. The van der Waals surface area contributed by atoms with Crippen LogP contribution in [0.2, 0.25) is 0 Å². The number of nitrogens with zero attached hydrogens (tertiary/aromatic N) is 3. The smallest absolute Gasteiger partial charge is 0.276 e. The molecule has 0 aliphatic carbocycles. The molecule has 0 spiro atoms. The zero-order valence-electron chi connectivity index (χ0n) is 15.9. The molecule has 148 valence electrons. The Hall–Kier alpha value is -4.51. The van der Waals surface area contributed by atoms with E-state index in [9.17, 15) is 14.9 Å². The predicted octanol–water partition coefficient (Wildman–Crippen LogP) is 4.61. The molecule has 1 heterocycles. The molecule has 30 heavy (non-hydrogen) atoms. The number of nitro benzene ring substituents is 1. The Kier molecular flexibility index (Phi) is 6.15. The number of rotatable bonds is 6. The number of carbonyl (C=O) groups is 1. The van der Waals surface area contributed by atoms with Gasteiger partial charge in [0.25, 0.3) is 5.69 Å². The Balaban J connectivity index is 1.71. The lowest BCUT2D eigenvalue weighted by atomic mass is 10.1. The molecule has 0 saturated heterocycles. The van der Waals surface area contributed by atoms with Crippen LogP contribution in [0.5, 0.6) is 11.6 Å². The molecule has 2 aromatic carbocycles. The van der Waals surface area contributed by atoms with Crippen LogP contribution in [0, 0.1) is 28.4 Å². The topological polar surface area (TPSA) is 118 Å². The van der Waals surface area contributed by atoms with Crippen LogP contribution in [0.4, 0.5) is 11.4 Å². The number of aromatic nitrogens is 1. The molecule has 0 aliphatic heterocycles. The first-order valence-corrected chi connectivity index (χ1v) is 8.84. The lowest BCUT2D eigenvalue weighted by molar-refractivity contribution is -0.385. The Morgan fingerprint density at radius 1 is 1.23 bits per heavy atom. The third kappa shape index (κ3) is 4.85. The quantitative estimate of drug-likeness (QED) is 0.367. The lowest BCUT2D eigenvalue weighted by Gasteiger charge is -2.10. The molecule has 8 nitrogen and oxygen atoms in total. The van der Waals surface area contributed by atoms with Gasteiger partial charge in [-0.25, -0.2) is 4.98 Å². The second kappa shape index (κ2) is 9.12. The van der Waals surface area contributed by atoms with Crippen molar-refractivity contribution in [2.75, 3.05) is 5.32 Å². The van der Waals surface area contributed by atoms with E-state index in [2.05, 4.69) is 10.3 Å². The van der Waals surface area contributed by atoms with Crippen molar-refractivity contribution in [1.82, 2.24) is 4.98 Å². The molecule has 0 atom stereocenters. The van der Waals surface area contributed by atoms with E-state index in [1.165, 1.54) is 24.4 Å². The summed E-state index contributed by atoms with van der Waals surface area (Å²) >= 11 is 0. The second-order valence-electron chi connectivity index (χ2n) is 6.19. The molecule has 1 amide bonds. The van der Waals surface area contributed by atoms with Crippen molar-refractivity contribution in [2.45, 2.75) is 6.92 Å². The Bertz CT molecular complexity index is 1180. The van der Waals surface area contributed by atoms with E-state index in [0.29, 0.717) is 22.6 Å². The number of hydrogen-bond donors (Lipinski definition) is 1. The highest BCUT2D eigenvalue weighted by Gasteiger charge is 2.11. The predicted molar refractivity (Wildman–Crippen MR) is 111 cm³/mol. The largest absolute Gasteiger partial charge is 0.438 e. The molecule has 8 heteroatoms. The van der Waals surface area contributed by atoms with Crippen LogP contribution in [-0.4, -0.2) is 15.8 Å². The number of ether oxygens (including phenoxy) is 1. The first-order valence-electron chi connectivity index (χ1n) is 8.84. The van der Waals surface area contributed by atoms with E-state index in [1.807, 2.05) is 6.07 Å². The summed E-state index contributed by atoms with van der Waals surface area (Å²) < 4.78 is 5.66. The lowest BCUT2D eigenvalue weighted by Crippen LogP contribution is -2.09. The Morgan fingerprint density at radius 3 is 2.77 bits per heavy atom. The highest BCUT2D eigenvalue weighted by Crippen LogP contribution is 2.27. The number of pyridine rings is 1. The van der Waals surface area contributed by atoms with Gasteiger partial charge in [0.2, 0.25) is 11.8 Å². The molecule has 0 radical (unpaired) electrons. The van der Waals surface area contributed by atoms with E-state index in [4.69, 9.17) is 10.00 Å². The molecule has 0 fully saturated rings. The first kappa shape index (κ1) is 20.2. The monoisotopic (exact) mass is 400 g/mol. The van der Waals surface area contributed by atoms with Crippen molar-refractivity contribution in [3.63, 3.8) is 0 Å². The fraction of sp³-hybridized carbons (Fsp3) is 0.0455. The van der Waals surface area contributed by atoms with Crippen LogP contribution in [0.3, 0.4) is 0 Å². The summed E-state index contributed by atoms with van der Waals surface area (Å²) in [5.41, 5.74) is 1.86. The second-order valence-corrected chi connectivity index (χ2v) is 6.19. The SMILES string of the molecule is Cc1cc(Oc2ncccc2C#N)ccc1NC(=O)/C=C/c1ccccc1[N+](=O)[O-]. The summed E-state index contributed by atoms with van der Waals surface area (Å²) in [6, 6.07) is 16.4. The third-order valence-corrected chi connectivity index (χ3v) is 4.11. The van der Waals surface area contributed by atoms with Crippen LogP contribution in [0.25, 0.3) is 6.08 Å². The van der Waals surface area contributed by atoms with Crippen molar-refractivity contribution in [3.05, 3.63) is 93.7 Å².